The van der Waals surface area contributed by atoms with Crippen LogP contribution in [0.1, 0.15) is 44.0 Å². The molecule has 0 aromatic carbocycles. The summed E-state index contributed by atoms with van der Waals surface area (Å²) in [6, 6.07) is 4.13. The summed E-state index contributed by atoms with van der Waals surface area (Å²) < 4.78 is 13.6. The van der Waals surface area contributed by atoms with E-state index in [0.29, 0.717) is 11.6 Å². The van der Waals surface area contributed by atoms with Crippen LogP contribution in [0, 0.1) is 0 Å². The topological polar surface area (TPSA) is 24.9 Å². The molecule has 0 saturated carbocycles. The van der Waals surface area contributed by atoms with Crippen LogP contribution in [0.2, 0.25) is 0 Å². The molecular weight excluding hydrogens is 191 g/mol. The fourth-order valence-corrected chi connectivity index (χ4v) is 1.90. The average Bonchev–Trinajstić information content (AvgIpc) is 2.69. The Morgan fingerprint density at radius 2 is 2.27 bits per heavy atom. The normalized spacial score (nSPS) is 21.9. The molecule has 15 heavy (non-hydrogen) atoms. The first-order valence-corrected chi connectivity index (χ1v) is 5.46. The molecule has 2 nitrogen and oxygen atoms in total. The van der Waals surface area contributed by atoms with Crippen LogP contribution in [0.3, 0.4) is 0 Å². The van der Waals surface area contributed by atoms with Gasteiger partial charge in [-0.1, -0.05) is 6.07 Å². The molecule has 0 bridgehead atoms. The van der Waals surface area contributed by atoms with Crippen LogP contribution in [-0.4, -0.2) is 11.5 Å². The smallest absolute Gasteiger partial charge is 0.131 e. The van der Waals surface area contributed by atoms with Crippen molar-refractivity contribution in [1.82, 2.24) is 10.3 Å². The minimum atomic E-state index is -1.30. The maximum atomic E-state index is 13.6. The van der Waals surface area contributed by atoms with Crippen molar-refractivity contribution in [1.29, 1.82) is 0 Å². The summed E-state index contributed by atoms with van der Waals surface area (Å²) in [6.07, 6.45) is 3.98. The second-order valence-electron chi connectivity index (χ2n) is 4.59. The van der Waals surface area contributed by atoms with Gasteiger partial charge in [-0.05, 0) is 39.3 Å². The van der Waals surface area contributed by atoms with Crippen molar-refractivity contribution >= 4 is 0 Å². The van der Waals surface area contributed by atoms with E-state index in [1.807, 2.05) is 12.1 Å². The van der Waals surface area contributed by atoms with E-state index >= 15 is 0 Å². The Kier molecular flexibility index (Phi) is 2.74. The molecule has 0 spiro atoms. The minimum Gasteiger partial charge on any atom is -0.309 e. The lowest BCUT2D eigenvalue weighted by Crippen LogP contribution is -2.15. The van der Waals surface area contributed by atoms with Gasteiger partial charge >= 0.3 is 0 Å². The van der Waals surface area contributed by atoms with Crippen LogP contribution in [0.4, 0.5) is 4.39 Å². The van der Waals surface area contributed by atoms with Gasteiger partial charge in [-0.15, -0.1) is 0 Å². The highest BCUT2D eigenvalue weighted by atomic mass is 19.1. The van der Waals surface area contributed by atoms with E-state index in [9.17, 15) is 4.39 Å². The first kappa shape index (κ1) is 10.6. The molecule has 82 valence electrons. The van der Waals surface area contributed by atoms with E-state index in [4.69, 9.17) is 0 Å². The molecule has 1 saturated heterocycles. The van der Waals surface area contributed by atoms with Gasteiger partial charge in [-0.25, -0.2) is 4.39 Å². The summed E-state index contributed by atoms with van der Waals surface area (Å²) in [5.41, 5.74) is 0.374. The van der Waals surface area contributed by atoms with Crippen LogP contribution >= 0.6 is 0 Å². The lowest BCUT2D eigenvalue weighted by molar-refractivity contribution is 0.220. The Bertz CT molecular complexity index is 320. The van der Waals surface area contributed by atoms with Crippen molar-refractivity contribution in [3.8, 4) is 0 Å². The van der Waals surface area contributed by atoms with Crippen molar-refractivity contribution in [3.63, 3.8) is 0 Å². The third-order valence-electron chi connectivity index (χ3n) is 2.89. The van der Waals surface area contributed by atoms with Crippen molar-refractivity contribution < 1.29 is 4.39 Å². The van der Waals surface area contributed by atoms with Gasteiger partial charge in [0.15, 0.2) is 0 Å². The number of alkyl halides is 1. The molecular formula is C12H17FN2. The molecule has 2 rings (SSSR count). The summed E-state index contributed by atoms with van der Waals surface area (Å²) in [6.45, 7) is 4.16. The van der Waals surface area contributed by atoms with Gasteiger partial charge in [0.05, 0.1) is 5.69 Å². The van der Waals surface area contributed by atoms with E-state index in [0.717, 1.165) is 18.7 Å². The van der Waals surface area contributed by atoms with E-state index in [1.54, 1.807) is 20.0 Å². The quantitative estimate of drug-likeness (QED) is 0.808. The third-order valence-corrected chi connectivity index (χ3v) is 2.89. The predicted octanol–water partition coefficient (Wildman–Crippen LogP) is 2.71. The molecule has 2 heterocycles. The number of hydrogen-bond acceptors (Lipinski definition) is 2. The lowest BCUT2D eigenvalue weighted by Gasteiger charge is -2.15. The standard InChI is InChI=1S/C12H17FN2/c1-12(2,13)9-5-6-11(15-8-9)10-4-3-7-14-10/h5-6,8,10,14H,3-4,7H2,1-2H3. The van der Waals surface area contributed by atoms with Gasteiger partial charge < -0.3 is 5.32 Å². The fourth-order valence-electron chi connectivity index (χ4n) is 1.90. The van der Waals surface area contributed by atoms with Crippen molar-refractivity contribution in [3.05, 3.63) is 29.6 Å². The predicted molar refractivity (Wildman–Crippen MR) is 58.3 cm³/mol. The number of rotatable bonds is 2. The van der Waals surface area contributed by atoms with E-state index in [1.165, 1.54) is 6.42 Å². The number of aromatic nitrogens is 1. The highest BCUT2D eigenvalue weighted by Crippen LogP contribution is 2.26. The highest BCUT2D eigenvalue weighted by Gasteiger charge is 2.21. The first-order valence-electron chi connectivity index (χ1n) is 5.46. The Morgan fingerprint density at radius 1 is 1.47 bits per heavy atom. The monoisotopic (exact) mass is 208 g/mol. The Morgan fingerprint density at radius 3 is 2.73 bits per heavy atom. The molecule has 1 aliphatic rings. The molecule has 1 N–H and O–H groups in total. The van der Waals surface area contributed by atoms with Crippen LogP contribution in [0.15, 0.2) is 18.3 Å². The molecule has 1 fully saturated rings. The van der Waals surface area contributed by atoms with Crippen LogP contribution in [-0.2, 0) is 5.67 Å². The zero-order chi connectivity index (χ0) is 10.9. The SMILES string of the molecule is CC(C)(F)c1ccc(C2CCCN2)nc1. The molecule has 1 aromatic heterocycles. The van der Waals surface area contributed by atoms with Crippen LogP contribution in [0.25, 0.3) is 0 Å². The maximum absolute atomic E-state index is 13.6. The number of halogens is 1. The first-order chi connectivity index (χ1) is 7.07. The average molecular weight is 208 g/mol. The number of hydrogen-bond donors (Lipinski definition) is 1. The van der Waals surface area contributed by atoms with Gasteiger partial charge in [0.1, 0.15) is 5.67 Å². The summed E-state index contributed by atoms with van der Waals surface area (Å²) in [5.74, 6) is 0. The largest absolute Gasteiger partial charge is 0.309 e. The zero-order valence-electron chi connectivity index (χ0n) is 9.26. The van der Waals surface area contributed by atoms with Gasteiger partial charge in [-0.3, -0.25) is 4.98 Å². The Balaban J connectivity index is 2.16. The van der Waals surface area contributed by atoms with Crippen molar-refractivity contribution in [2.45, 2.75) is 38.4 Å². The summed E-state index contributed by atoms with van der Waals surface area (Å²) >= 11 is 0. The molecule has 0 aliphatic carbocycles. The Labute approximate surface area is 89.9 Å². The van der Waals surface area contributed by atoms with E-state index < -0.39 is 5.67 Å². The second kappa shape index (κ2) is 3.89. The summed E-state index contributed by atoms with van der Waals surface area (Å²) in [5, 5.41) is 3.37. The zero-order valence-corrected chi connectivity index (χ0v) is 9.26. The summed E-state index contributed by atoms with van der Waals surface area (Å²) in [4.78, 5) is 4.32. The maximum Gasteiger partial charge on any atom is 0.131 e. The lowest BCUT2D eigenvalue weighted by atomic mass is 10.0. The van der Waals surface area contributed by atoms with Gasteiger partial charge in [-0.2, -0.15) is 0 Å². The highest BCUT2D eigenvalue weighted by molar-refractivity contribution is 5.21. The van der Waals surface area contributed by atoms with Crippen molar-refractivity contribution in [2.24, 2.45) is 0 Å². The van der Waals surface area contributed by atoms with Gasteiger partial charge in [0.2, 0.25) is 0 Å². The Hall–Kier alpha value is -0.960. The number of pyridine rings is 1. The summed E-state index contributed by atoms with van der Waals surface area (Å²) in [7, 11) is 0. The fraction of sp³-hybridized carbons (Fsp3) is 0.583. The number of nitrogens with zero attached hydrogens (tertiary/aromatic N) is 1. The molecule has 1 aromatic rings. The second-order valence-corrected chi connectivity index (χ2v) is 4.59. The van der Waals surface area contributed by atoms with Crippen LogP contribution < -0.4 is 5.32 Å². The molecule has 1 aliphatic heterocycles. The van der Waals surface area contributed by atoms with E-state index in [2.05, 4.69) is 10.3 Å². The number of nitrogens with one attached hydrogen (secondary N) is 1. The van der Waals surface area contributed by atoms with Crippen LogP contribution in [0.5, 0.6) is 0 Å². The molecule has 1 unspecified atom stereocenters. The molecule has 3 heteroatoms. The third kappa shape index (κ3) is 2.34. The molecule has 0 amide bonds. The van der Waals surface area contributed by atoms with Gasteiger partial charge in [0, 0.05) is 17.8 Å². The molecule has 0 radical (unpaired) electrons. The van der Waals surface area contributed by atoms with E-state index in [-0.39, 0.29) is 0 Å². The minimum absolute atomic E-state index is 0.363. The van der Waals surface area contributed by atoms with Crippen molar-refractivity contribution in [2.75, 3.05) is 6.54 Å². The molecule has 1 atom stereocenters. The van der Waals surface area contributed by atoms with Gasteiger partial charge in [0.25, 0.3) is 0 Å².